The highest BCUT2D eigenvalue weighted by atomic mass is 16.5. The maximum atomic E-state index is 6.12. The first-order valence-corrected chi connectivity index (χ1v) is 8.79. The van der Waals surface area contributed by atoms with Crippen molar-refractivity contribution in [2.75, 3.05) is 13.7 Å². The minimum Gasteiger partial charge on any atom is -0.439 e. The van der Waals surface area contributed by atoms with Gasteiger partial charge in [-0.05, 0) is 68.0 Å². The number of aromatic nitrogens is 1. The summed E-state index contributed by atoms with van der Waals surface area (Å²) in [7, 11) is 2.08. The Morgan fingerprint density at radius 3 is 2.72 bits per heavy atom. The number of ether oxygens (including phenoxy) is 1. The smallest absolute Gasteiger partial charge is 0.222 e. The van der Waals surface area contributed by atoms with E-state index < -0.39 is 0 Å². The molecule has 0 bridgehead atoms. The zero-order valence-corrected chi connectivity index (χ0v) is 15.0. The van der Waals surface area contributed by atoms with E-state index in [1.165, 1.54) is 40.8 Å². The fraction of sp³-hybridized carbons (Fsp3) is 0.333. The van der Waals surface area contributed by atoms with Crippen molar-refractivity contribution in [3.05, 3.63) is 58.8 Å². The molecule has 4 rings (SSSR count). The molecule has 0 amide bonds. The molecule has 0 unspecified atom stereocenters. The number of hydrogen-bond donors (Lipinski definition) is 0. The van der Waals surface area contributed by atoms with E-state index in [2.05, 4.69) is 54.0 Å². The molecule has 0 saturated heterocycles. The Bertz CT molecular complexity index is 865. The van der Waals surface area contributed by atoms with Crippen molar-refractivity contribution in [3.63, 3.8) is 0 Å². The van der Waals surface area contributed by atoms with E-state index in [9.17, 15) is 0 Å². The number of allylic oxidation sites excluding steroid dienone is 1. The molecule has 4 heteroatoms. The molecule has 1 saturated carbocycles. The number of rotatable bonds is 4. The zero-order valence-electron chi connectivity index (χ0n) is 15.0. The first-order chi connectivity index (χ1) is 12.1. The van der Waals surface area contributed by atoms with Crippen LogP contribution in [0.15, 0.2) is 47.1 Å². The predicted octanol–water partition coefficient (Wildman–Crippen LogP) is 4.76. The molecule has 2 aliphatic rings. The molecule has 1 aromatic heterocycles. The zero-order chi connectivity index (χ0) is 17.4. The van der Waals surface area contributed by atoms with Crippen molar-refractivity contribution < 1.29 is 4.74 Å². The lowest BCUT2D eigenvalue weighted by molar-refractivity contribution is 0.455. The van der Waals surface area contributed by atoms with E-state index in [0.29, 0.717) is 12.6 Å². The Labute approximate surface area is 148 Å². The number of benzene rings is 1. The van der Waals surface area contributed by atoms with Gasteiger partial charge in [0.1, 0.15) is 12.4 Å². The molecule has 1 aromatic carbocycles. The van der Waals surface area contributed by atoms with Gasteiger partial charge in [0.2, 0.25) is 5.88 Å². The van der Waals surface area contributed by atoms with Gasteiger partial charge in [-0.25, -0.2) is 4.98 Å². The molecule has 2 aromatic rings. The second kappa shape index (κ2) is 6.36. The average molecular weight is 333 g/mol. The normalized spacial score (nSPS) is 17.2. The summed E-state index contributed by atoms with van der Waals surface area (Å²) in [5.41, 5.74) is 6.06. The van der Waals surface area contributed by atoms with Crippen LogP contribution in [0.4, 0.5) is 0 Å². The van der Waals surface area contributed by atoms with Gasteiger partial charge < -0.3 is 9.64 Å². The molecule has 1 aliphatic heterocycles. The van der Waals surface area contributed by atoms with Gasteiger partial charge in [-0.2, -0.15) is 0 Å². The van der Waals surface area contributed by atoms with E-state index in [4.69, 9.17) is 4.74 Å². The van der Waals surface area contributed by atoms with Crippen LogP contribution in [0.5, 0.6) is 11.6 Å². The predicted molar refractivity (Wildman–Crippen MR) is 101 cm³/mol. The van der Waals surface area contributed by atoms with Crippen LogP contribution in [-0.4, -0.2) is 29.8 Å². The average Bonchev–Trinajstić information content (AvgIpc) is 3.42. The van der Waals surface area contributed by atoms with Gasteiger partial charge in [-0.1, -0.05) is 6.07 Å². The largest absolute Gasteiger partial charge is 0.439 e. The Hall–Kier alpha value is -2.62. The second-order valence-corrected chi connectivity index (χ2v) is 6.93. The first-order valence-electron chi connectivity index (χ1n) is 8.79. The van der Waals surface area contributed by atoms with E-state index in [1.807, 2.05) is 18.3 Å². The third-order valence-corrected chi connectivity index (χ3v) is 4.82. The fourth-order valence-corrected chi connectivity index (χ4v) is 3.42. The first kappa shape index (κ1) is 15.9. The Morgan fingerprint density at radius 2 is 2.00 bits per heavy atom. The molecule has 0 radical (unpaired) electrons. The molecular formula is C21H23N3O. The molecule has 1 aliphatic carbocycles. The summed E-state index contributed by atoms with van der Waals surface area (Å²) in [5, 5.41) is 0. The van der Waals surface area contributed by atoms with Gasteiger partial charge in [0.25, 0.3) is 0 Å². The van der Waals surface area contributed by atoms with Crippen LogP contribution >= 0.6 is 0 Å². The standard InChI is InChI=1S/C21H23N3O/c1-14-11-17(25-21-19(16-6-7-16)5-4-10-23-21)8-9-18(14)20-15(2)12-22-13-24(20)3/h4-5,8-12,16H,6-7,13H2,1-3H3. The van der Waals surface area contributed by atoms with E-state index >= 15 is 0 Å². The van der Waals surface area contributed by atoms with Crippen molar-refractivity contribution >= 4 is 11.9 Å². The van der Waals surface area contributed by atoms with Gasteiger partial charge in [0, 0.05) is 36.3 Å². The Balaban J connectivity index is 1.64. The lowest BCUT2D eigenvalue weighted by Crippen LogP contribution is -2.22. The second-order valence-electron chi connectivity index (χ2n) is 6.93. The monoisotopic (exact) mass is 333 g/mol. The van der Waals surface area contributed by atoms with Crippen LogP contribution in [0.2, 0.25) is 0 Å². The Morgan fingerprint density at radius 1 is 1.16 bits per heavy atom. The molecule has 2 heterocycles. The summed E-state index contributed by atoms with van der Waals surface area (Å²) >= 11 is 0. The van der Waals surface area contributed by atoms with Gasteiger partial charge >= 0.3 is 0 Å². The summed E-state index contributed by atoms with van der Waals surface area (Å²) in [4.78, 5) is 11.0. The van der Waals surface area contributed by atoms with Crippen molar-refractivity contribution in [2.24, 2.45) is 4.99 Å². The van der Waals surface area contributed by atoms with Crippen LogP contribution in [0.25, 0.3) is 5.70 Å². The highest BCUT2D eigenvalue weighted by molar-refractivity contribution is 5.91. The third kappa shape index (κ3) is 3.16. The highest BCUT2D eigenvalue weighted by Crippen LogP contribution is 2.44. The van der Waals surface area contributed by atoms with Crippen LogP contribution in [0.1, 0.15) is 42.4 Å². The quantitative estimate of drug-likeness (QED) is 0.809. The van der Waals surface area contributed by atoms with Gasteiger partial charge in [0.05, 0.1) is 0 Å². The lowest BCUT2D eigenvalue weighted by Gasteiger charge is -2.27. The summed E-state index contributed by atoms with van der Waals surface area (Å²) in [6.07, 6.45) is 6.23. The van der Waals surface area contributed by atoms with E-state index in [-0.39, 0.29) is 0 Å². The van der Waals surface area contributed by atoms with E-state index in [1.54, 1.807) is 6.20 Å². The van der Waals surface area contributed by atoms with Crippen molar-refractivity contribution in [2.45, 2.75) is 32.6 Å². The minimum absolute atomic E-state index is 0.618. The van der Waals surface area contributed by atoms with Crippen molar-refractivity contribution in [1.82, 2.24) is 9.88 Å². The maximum Gasteiger partial charge on any atom is 0.222 e. The summed E-state index contributed by atoms with van der Waals surface area (Å²) < 4.78 is 6.12. The molecule has 0 N–H and O–H groups in total. The molecule has 128 valence electrons. The molecule has 4 nitrogen and oxygen atoms in total. The third-order valence-electron chi connectivity index (χ3n) is 4.82. The van der Waals surface area contributed by atoms with Crippen LogP contribution < -0.4 is 4.74 Å². The number of nitrogens with zero attached hydrogens (tertiary/aromatic N) is 3. The number of hydrogen-bond acceptors (Lipinski definition) is 4. The highest BCUT2D eigenvalue weighted by Gasteiger charge is 2.27. The summed E-state index contributed by atoms with van der Waals surface area (Å²) in [6, 6.07) is 10.4. The molecular weight excluding hydrogens is 310 g/mol. The van der Waals surface area contributed by atoms with Gasteiger partial charge in [-0.3, -0.25) is 4.99 Å². The molecule has 0 spiro atoms. The molecule has 25 heavy (non-hydrogen) atoms. The SMILES string of the molecule is CC1=C(c2ccc(Oc3ncccc3C3CC3)cc2C)N(C)CN=C1. The Kier molecular flexibility index (Phi) is 4.04. The lowest BCUT2D eigenvalue weighted by atomic mass is 10.0. The van der Waals surface area contributed by atoms with Crippen LogP contribution in [-0.2, 0) is 0 Å². The summed E-state index contributed by atoms with van der Waals surface area (Å²) in [6.45, 7) is 4.93. The van der Waals surface area contributed by atoms with Gasteiger partial charge in [0.15, 0.2) is 0 Å². The fourth-order valence-electron chi connectivity index (χ4n) is 3.42. The maximum absolute atomic E-state index is 6.12. The summed E-state index contributed by atoms with van der Waals surface area (Å²) in [5.74, 6) is 2.20. The van der Waals surface area contributed by atoms with Crippen LogP contribution in [0, 0.1) is 6.92 Å². The minimum atomic E-state index is 0.618. The number of aryl methyl sites for hydroxylation is 1. The number of pyridine rings is 1. The van der Waals surface area contributed by atoms with Gasteiger partial charge in [-0.15, -0.1) is 0 Å². The molecule has 1 fully saturated rings. The number of aliphatic imine (C=N–C) groups is 1. The van der Waals surface area contributed by atoms with Crippen LogP contribution in [0.3, 0.4) is 0 Å². The topological polar surface area (TPSA) is 37.7 Å². The van der Waals surface area contributed by atoms with Crippen molar-refractivity contribution in [3.8, 4) is 11.6 Å². The van der Waals surface area contributed by atoms with E-state index in [0.717, 1.165) is 11.6 Å². The van der Waals surface area contributed by atoms with Crippen molar-refractivity contribution in [1.29, 1.82) is 0 Å². The molecule has 0 atom stereocenters.